The monoisotopic (exact) mass is 335 g/mol. The van der Waals surface area contributed by atoms with Crippen molar-refractivity contribution in [2.45, 2.75) is 40.2 Å². The van der Waals surface area contributed by atoms with E-state index in [1.807, 2.05) is 13.0 Å². The maximum atomic E-state index is 12.2. The Kier molecular flexibility index (Phi) is 6.36. The Morgan fingerprint density at radius 2 is 2.08 bits per heavy atom. The van der Waals surface area contributed by atoms with Crippen molar-refractivity contribution in [1.82, 2.24) is 25.4 Å². The fraction of sp³-hybridized carbons (Fsp3) is 0.562. The average molecular weight is 335 g/mol. The molecule has 0 aliphatic heterocycles. The first kappa shape index (κ1) is 18.0. The minimum absolute atomic E-state index is 0.256. The number of furan rings is 1. The molecule has 0 spiro atoms. The van der Waals surface area contributed by atoms with Crippen LogP contribution in [0.1, 0.15) is 48.5 Å². The van der Waals surface area contributed by atoms with E-state index in [0.29, 0.717) is 24.6 Å². The Morgan fingerprint density at radius 3 is 2.67 bits per heavy atom. The summed E-state index contributed by atoms with van der Waals surface area (Å²) in [5.74, 6) is 1.43. The summed E-state index contributed by atoms with van der Waals surface area (Å²) >= 11 is 0. The van der Waals surface area contributed by atoms with Crippen molar-refractivity contribution < 1.29 is 9.21 Å². The molecular formula is C16H25N5O3. The van der Waals surface area contributed by atoms with E-state index in [2.05, 4.69) is 39.2 Å². The predicted octanol–water partition coefficient (Wildman–Crippen LogP) is 1.07. The molecule has 0 saturated heterocycles. The first-order chi connectivity index (χ1) is 11.6. The summed E-state index contributed by atoms with van der Waals surface area (Å²) in [5.41, 5.74) is 0.707. The molecule has 8 nitrogen and oxygen atoms in total. The lowest BCUT2D eigenvalue weighted by molar-refractivity contribution is 0.0924. The number of hydrogen-bond acceptors (Lipinski definition) is 5. The number of hydrogen-bond donors (Lipinski definition) is 3. The molecule has 2 heterocycles. The summed E-state index contributed by atoms with van der Waals surface area (Å²) in [6, 6.07) is 1.82. The van der Waals surface area contributed by atoms with Crippen LogP contribution in [0.15, 0.2) is 15.3 Å². The molecule has 0 bridgehead atoms. The zero-order chi connectivity index (χ0) is 17.5. The second-order valence-electron chi connectivity index (χ2n) is 5.50. The van der Waals surface area contributed by atoms with Crippen LogP contribution >= 0.6 is 0 Å². The van der Waals surface area contributed by atoms with E-state index >= 15 is 0 Å². The third-order valence-electron chi connectivity index (χ3n) is 3.93. The van der Waals surface area contributed by atoms with E-state index in [9.17, 15) is 9.59 Å². The molecule has 0 unspecified atom stereocenters. The molecule has 0 aliphatic rings. The highest BCUT2D eigenvalue weighted by atomic mass is 16.4. The Labute approximate surface area is 140 Å². The van der Waals surface area contributed by atoms with E-state index in [0.717, 1.165) is 37.4 Å². The molecule has 0 aromatic carbocycles. The first-order valence-electron chi connectivity index (χ1n) is 8.33. The van der Waals surface area contributed by atoms with Crippen molar-refractivity contribution in [3.05, 3.63) is 39.5 Å². The van der Waals surface area contributed by atoms with Crippen LogP contribution in [0.2, 0.25) is 0 Å². The first-order valence-corrected chi connectivity index (χ1v) is 8.33. The number of carbonyl (C=O) groups is 1. The maximum Gasteiger partial charge on any atom is 0.340 e. The van der Waals surface area contributed by atoms with Crippen molar-refractivity contribution in [1.29, 1.82) is 0 Å². The molecule has 0 fully saturated rings. The zero-order valence-electron chi connectivity index (χ0n) is 14.4. The topological polar surface area (TPSA) is 107 Å². The SMILES string of the molecule is CCc1oc(C(=O)NCCc2n[nH]c(=O)[nH]2)cc1CN(CC)CC. The number of amides is 1. The summed E-state index contributed by atoms with van der Waals surface area (Å²) < 4.78 is 5.70. The number of aromatic amines is 2. The van der Waals surface area contributed by atoms with Gasteiger partial charge in [-0.05, 0) is 19.2 Å². The lowest BCUT2D eigenvalue weighted by Gasteiger charge is -2.17. The number of nitrogens with zero attached hydrogens (tertiary/aromatic N) is 2. The van der Waals surface area contributed by atoms with Crippen LogP contribution < -0.4 is 11.0 Å². The molecule has 2 aromatic rings. The van der Waals surface area contributed by atoms with Gasteiger partial charge in [-0.2, -0.15) is 5.10 Å². The van der Waals surface area contributed by atoms with Crippen molar-refractivity contribution >= 4 is 5.91 Å². The molecule has 0 saturated carbocycles. The summed E-state index contributed by atoms with van der Waals surface area (Å²) in [4.78, 5) is 28.0. The van der Waals surface area contributed by atoms with Crippen LogP contribution in [0.3, 0.4) is 0 Å². The predicted molar refractivity (Wildman–Crippen MR) is 90.0 cm³/mol. The van der Waals surface area contributed by atoms with Gasteiger partial charge in [-0.15, -0.1) is 0 Å². The Balaban J connectivity index is 1.96. The smallest absolute Gasteiger partial charge is 0.340 e. The van der Waals surface area contributed by atoms with Crippen LogP contribution in [-0.4, -0.2) is 45.6 Å². The highest BCUT2D eigenvalue weighted by Crippen LogP contribution is 2.18. The van der Waals surface area contributed by atoms with E-state index < -0.39 is 0 Å². The van der Waals surface area contributed by atoms with Gasteiger partial charge in [0.1, 0.15) is 11.6 Å². The quantitative estimate of drug-likeness (QED) is 0.635. The van der Waals surface area contributed by atoms with Crippen LogP contribution in [0.4, 0.5) is 0 Å². The summed E-state index contributed by atoms with van der Waals surface area (Å²) in [6.45, 7) is 9.29. The van der Waals surface area contributed by atoms with Crippen LogP contribution in [-0.2, 0) is 19.4 Å². The molecule has 8 heteroatoms. The van der Waals surface area contributed by atoms with Gasteiger partial charge in [-0.3, -0.25) is 14.7 Å². The van der Waals surface area contributed by atoms with Crippen molar-refractivity contribution in [2.24, 2.45) is 0 Å². The van der Waals surface area contributed by atoms with Gasteiger partial charge in [-0.25, -0.2) is 9.89 Å². The zero-order valence-corrected chi connectivity index (χ0v) is 14.4. The third kappa shape index (κ3) is 4.58. The largest absolute Gasteiger partial charge is 0.456 e. The van der Waals surface area contributed by atoms with E-state index in [1.165, 1.54) is 0 Å². The van der Waals surface area contributed by atoms with Crippen molar-refractivity contribution in [3.8, 4) is 0 Å². The Morgan fingerprint density at radius 1 is 1.33 bits per heavy atom. The fourth-order valence-electron chi connectivity index (χ4n) is 2.50. The molecule has 0 aliphatic carbocycles. The summed E-state index contributed by atoms with van der Waals surface area (Å²) in [7, 11) is 0. The minimum atomic E-state index is -0.351. The molecule has 132 valence electrons. The molecule has 1 amide bonds. The minimum Gasteiger partial charge on any atom is -0.456 e. The van der Waals surface area contributed by atoms with Crippen LogP contribution in [0.5, 0.6) is 0 Å². The number of carbonyl (C=O) groups excluding carboxylic acids is 1. The van der Waals surface area contributed by atoms with Gasteiger partial charge < -0.3 is 9.73 Å². The van der Waals surface area contributed by atoms with Crippen molar-refractivity contribution in [3.63, 3.8) is 0 Å². The molecule has 24 heavy (non-hydrogen) atoms. The summed E-state index contributed by atoms with van der Waals surface area (Å²) in [5, 5.41) is 8.86. The highest BCUT2D eigenvalue weighted by molar-refractivity contribution is 5.91. The highest BCUT2D eigenvalue weighted by Gasteiger charge is 2.17. The lowest BCUT2D eigenvalue weighted by Crippen LogP contribution is -2.25. The molecule has 2 rings (SSSR count). The van der Waals surface area contributed by atoms with Gasteiger partial charge in [-0.1, -0.05) is 20.8 Å². The molecule has 0 atom stereocenters. The number of H-pyrrole nitrogens is 2. The molecule has 3 N–H and O–H groups in total. The van der Waals surface area contributed by atoms with E-state index in [-0.39, 0.29) is 11.6 Å². The van der Waals surface area contributed by atoms with Crippen LogP contribution in [0.25, 0.3) is 0 Å². The Bertz CT molecular complexity index is 711. The molecular weight excluding hydrogens is 310 g/mol. The number of nitrogens with one attached hydrogen (secondary N) is 3. The maximum absolute atomic E-state index is 12.2. The Hall–Kier alpha value is -2.35. The van der Waals surface area contributed by atoms with Gasteiger partial charge in [0.2, 0.25) is 0 Å². The third-order valence-corrected chi connectivity index (χ3v) is 3.93. The second kappa shape index (κ2) is 8.49. The van der Waals surface area contributed by atoms with Gasteiger partial charge in [0.25, 0.3) is 5.91 Å². The average Bonchev–Trinajstić information content (AvgIpc) is 3.18. The normalized spacial score (nSPS) is 11.2. The standard InChI is InChI=1S/C16H25N5O3/c1-4-12-11(10-21(5-2)6-3)9-13(24-12)15(22)17-8-7-14-18-16(23)20-19-14/h9H,4-8,10H2,1-3H3,(H,17,22)(H2,18,19,20,23). The summed E-state index contributed by atoms with van der Waals surface area (Å²) in [6.07, 6.45) is 1.19. The van der Waals surface area contributed by atoms with Gasteiger partial charge in [0, 0.05) is 31.5 Å². The fourth-order valence-corrected chi connectivity index (χ4v) is 2.50. The van der Waals surface area contributed by atoms with Gasteiger partial charge in [0.05, 0.1) is 0 Å². The number of aryl methyl sites for hydroxylation is 1. The lowest BCUT2D eigenvalue weighted by atomic mass is 10.2. The molecule has 0 radical (unpaired) electrons. The second-order valence-corrected chi connectivity index (χ2v) is 5.50. The number of aromatic nitrogens is 3. The van der Waals surface area contributed by atoms with Crippen molar-refractivity contribution in [2.75, 3.05) is 19.6 Å². The van der Waals surface area contributed by atoms with E-state index in [1.54, 1.807) is 0 Å². The van der Waals surface area contributed by atoms with Crippen LogP contribution in [0, 0.1) is 0 Å². The van der Waals surface area contributed by atoms with Gasteiger partial charge >= 0.3 is 5.69 Å². The van der Waals surface area contributed by atoms with E-state index in [4.69, 9.17) is 4.42 Å². The molecule has 2 aromatic heterocycles. The van der Waals surface area contributed by atoms with Gasteiger partial charge in [0.15, 0.2) is 5.76 Å². The number of rotatable bonds is 9.